The predicted octanol–water partition coefficient (Wildman–Crippen LogP) is 6.01. The second kappa shape index (κ2) is 8.83. The summed E-state index contributed by atoms with van der Waals surface area (Å²) in [5, 5.41) is 3.81. The predicted molar refractivity (Wildman–Crippen MR) is 108 cm³/mol. The van der Waals surface area contributed by atoms with Gasteiger partial charge in [0, 0.05) is 11.1 Å². The smallest absolute Gasteiger partial charge is 0.287 e. The van der Waals surface area contributed by atoms with Gasteiger partial charge in [0.05, 0.1) is 0 Å². The fourth-order valence-corrected chi connectivity index (χ4v) is 3.65. The van der Waals surface area contributed by atoms with Gasteiger partial charge in [-0.15, -0.1) is 0 Å². The van der Waals surface area contributed by atoms with Crippen LogP contribution in [0.15, 0.2) is 28.7 Å². The highest BCUT2D eigenvalue weighted by atomic mass is 35.5. The molecule has 27 heavy (non-hydrogen) atoms. The highest BCUT2D eigenvalue weighted by Crippen LogP contribution is 2.32. The summed E-state index contributed by atoms with van der Waals surface area (Å²) in [5.74, 6) is 1.93. The largest absolute Gasteiger partial charge is 0.485 e. The molecule has 1 aliphatic carbocycles. The number of hydrogen-bond donors (Lipinski definition) is 1. The van der Waals surface area contributed by atoms with E-state index in [1.807, 2.05) is 19.1 Å². The Morgan fingerprint density at radius 2 is 2.00 bits per heavy atom. The Morgan fingerprint density at radius 1 is 1.26 bits per heavy atom. The minimum atomic E-state index is -0.140. The highest BCUT2D eigenvalue weighted by Gasteiger charge is 2.19. The lowest BCUT2D eigenvalue weighted by Gasteiger charge is -2.22. The molecule has 1 saturated carbocycles. The van der Waals surface area contributed by atoms with E-state index in [0.717, 1.165) is 34.7 Å². The van der Waals surface area contributed by atoms with Gasteiger partial charge in [-0.05, 0) is 61.1 Å². The maximum absolute atomic E-state index is 12.4. The lowest BCUT2D eigenvalue weighted by atomic mass is 9.95. The van der Waals surface area contributed by atoms with Crippen molar-refractivity contribution in [2.75, 3.05) is 0 Å². The van der Waals surface area contributed by atoms with Crippen LogP contribution in [0.1, 0.15) is 79.3 Å². The molecule has 0 aliphatic heterocycles. The van der Waals surface area contributed by atoms with Crippen LogP contribution in [0.2, 0.25) is 5.02 Å². The number of aryl methyl sites for hydroxylation is 1. The summed E-state index contributed by atoms with van der Waals surface area (Å²) in [7, 11) is 0. The molecule has 5 heteroatoms. The van der Waals surface area contributed by atoms with Crippen LogP contribution >= 0.6 is 11.6 Å². The van der Waals surface area contributed by atoms with Crippen LogP contribution in [0.3, 0.4) is 0 Å². The zero-order valence-electron chi connectivity index (χ0n) is 16.3. The first-order valence-electron chi connectivity index (χ1n) is 9.76. The number of hydrogen-bond acceptors (Lipinski definition) is 3. The second-order valence-corrected chi connectivity index (χ2v) is 8.06. The molecule has 0 spiro atoms. The van der Waals surface area contributed by atoms with E-state index in [1.54, 1.807) is 12.1 Å². The summed E-state index contributed by atoms with van der Waals surface area (Å²) in [6, 6.07) is 7.70. The molecule has 0 saturated heterocycles. The molecule has 0 radical (unpaired) electrons. The van der Waals surface area contributed by atoms with Gasteiger partial charge in [0.25, 0.3) is 5.91 Å². The lowest BCUT2D eigenvalue weighted by Crippen LogP contribution is -2.35. The number of amides is 1. The monoisotopic (exact) mass is 389 g/mol. The van der Waals surface area contributed by atoms with E-state index in [4.69, 9.17) is 20.8 Å². The Hall–Kier alpha value is -1.94. The number of halogens is 1. The van der Waals surface area contributed by atoms with Gasteiger partial charge in [-0.1, -0.05) is 44.7 Å². The average Bonchev–Trinajstić information content (AvgIpc) is 3.12. The molecule has 0 atom stereocenters. The third kappa shape index (κ3) is 5.07. The van der Waals surface area contributed by atoms with Crippen LogP contribution in [-0.4, -0.2) is 11.9 Å². The number of nitrogens with one attached hydrogen (secondary N) is 1. The van der Waals surface area contributed by atoms with Gasteiger partial charge in [0.1, 0.15) is 18.1 Å². The number of rotatable bonds is 6. The lowest BCUT2D eigenvalue weighted by molar-refractivity contribution is 0.0895. The topological polar surface area (TPSA) is 51.5 Å². The normalized spacial score (nSPS) is 15.1. The summed E-state index contributed by atoms with van der Waals surface area (Å²) < 4.78 is 11.7. The molecule has 1 amide bonds. The van der Waals surface area contributed by atoms with Crippen LogP contribution in [0, 0.1) is 6.92 Å². The summed E-state index contributed by atoms with van der Waals surface area (Å²) in [5.41, 5.74) is 2.04. The molecule has 4 nitrogen and oxygen atoms in total. The first kappa shape index (κ1) is 19.8. The third-order valence-electron chi connectivity index (χ3n) is 5.11. The van der Waals surface area contributed by atoms with Crippen molar-refractivity contribution in [3.8, 4) is 5.75 Å². The molecule has 146 valence electrons. The van der Waals surface area contributed by atoms with Crippen molar-refractivity contribution < 1.29 is 13.9 Å². The quantitative estimate of drug-likeness (QED) is 0.658. The summed E-state index contributed by atoms with van der Waals surface area (Å²) >= 11 is 6.25. The Bertz CT molecular complexity index is 791. The van der Waals surface area contributed by atoms with Crippen LogP contribution in [-0.2, 0) is 6.61 Å². The van der Waals surface area contributed by atoms with E-state index in [1.165, 1.54) is 19.3 Å². The minimum Gasteiger partial charge on any atom is -0.485 e. The maximum atomic E-state index is 12.4. The van der Waals surface area contributed by atoms with Crippen LogP contribution in [0.25, 0.3) is 0 Å². The number of carbonyl (C=O) groups is 1. The van der Waals surface area contributed by atoms with E-state index in [2.05, 4.69) is 19.2 Å². The number of furan rings is 1. The number of benzene rings is 1. The van der Waals surface area contributed by atoms with Gasteiger partial charge in [0.2, 0.25) is 0 Å². The summed E-state index contributed by atoms with van der Waals surface area (Å²) in [6.07, 6.45) is 5.73. The van der Waals surface area contributed by atoms with E-state index in [9.17, 15) is 4.79 Å². The Balaban J connectivity index is 1.63. The zero-order valence-corrected chi connectivity index (χ0v) is 17.1. The molecule has 1 fully saturated rings. The van der Waals surface area contributed by atoms with Crippen LogP contribution in [0.4, 0.5) is 0 Å². The van der Waals surface area contributed by atoms with E-state index in [0.29, 0.717) is 17.4 Å². The van der Waals surface area contributed by atoms with Crippen molar-refractivity contribution in [1.82, 2.24) is 5.32 Å². The summed E-state index contributed by atoms with van der Waals surface area (Å²) in [6.45, 7) is 6.44. The molecule has 2 aromatic rings. The highest BCUT2D eigenvalue weighted by molar-refractivity contribution is 6.31. The second-order valence-electron chi connectivity index (χ2n) is 7.66. The molecule has 0 bridgehead atoms. The number of ether oxygens (including phenoxy) is 1. The van der Waals surface area contributed by atoms with Gasteiger partial charge in [-0.25, -0.2) is 0 Å². The molecule has 0 unspecified atom stereocenters. The van der Waals surface area contributed by atoms with Gasteiger partial charge in [0.15, 0.2) is 5.76 Å². The van der Waals surface area contributed by atoms with Crippen molar-refractivity contribution in [2.45, 2.75) is 71.4 Å². The Kier molecular flexibility index (Phi) is 6.48. The zero-order chi connectivity index (χ0) is 19.4. The van der Waals surface area contributed by atoms with Crippen molar-refractivity contribution in [3.05, 3.63) is 51.9 Å². The molecule has 1 N–H and O–H groups in total. The van der Waals surface area contributed by atoms with E-state index < -0.39 is 0 Å². The fraction of sp³-hybridized carbons (Fsp3) is 0.500. The first-order valence-corrected chi connectivity index (χ1v) is 10.1. The molecule has 3 rings (SSSR count). The van der Waals surface area contributed by atoms with Crippen molar-refractivity contribution in [2.24, 2.45) is 0 Å². The number of carbonyl (C=O) groups excluding carboxylic acids is 1. The first-order chi connectivity index (χ1) is 12.9. The maximum Gasteiger partial charge on any atom is 0.287 e. The van der Waals surface area contributed by atoms with Gasteiger partial charge in [-0.2, -0.15) is 0 Å². The molecule has 1 aromatic heterocycles. The van der Waals surface area contributed by atoms with Crippen LogP contribution in [0.5, 0.6) is 5.75 Å². The van der Waals surface area contributed by atoms with Gasteiger partial charge >= 0.3 is 0 Å². The Labute approximate surface area is 166 Å². The van der Waals surface area contributed by atoms with Crippen LogP contribution < -0.4 is 10.1 Å². The summed E-state index contributed by atoms with van der Waals surface area (Å²) in [4.78, 5) is 12.4. The van der Waals surface area contributed by atoms with Gasteiger partial charge < -0.3 is 14.5 Å². The molecular formula is C22H28ClNO3. The Morgan fingerprint density at radius 3 is 2.70 bits per heavy atom. The van der Waals surface area contributed by atoms with E-state index >= 15 is 0 Å². The van der Waals surface area contributed by atoms with Crippen molar-refractivity contribution >= 4 is 17.5 Å². The van der Waals surface area contributed by atoms with Gasteiger partial charge in [-0.3, -0.25) is 4.79 Å². The molecule has 1 aliphatic rings. The fourth-order valence-electron chi connectivity index (χ4n) is 3.48. The SMILES string of the molecule is Cc1cc(OCc2ccc(C(=O)NC3CCCCC3)o2)c(C(C)C)cc1Cl. The standard InChI is InChI=1S/C22H28ClNO3/c1-14(2)18-12-19(23)15(3)11-21(18)26-13-17-9-10-20(27-17)22(25)24-16-7-5-4-6-8-16/h9-12,14,16H,4-8,13H2,1-3H3,(H,24,25). The molecular weight excluding hydrogens is 362 g/mol. The molecule has 1 aromatic carbocycles. The van der Waals surface area contributed by atoms with Crippen molar-refractivity contribution in [1.29, 1.82) is 0 Å². The van der Waals surface area contributed by atoms with E-state index in [-0.39, 0.29) is 18.6 Å². The average molecular weight is 390 g/mol. The third-order valence-corrected chi connectivity index (χ3v) is 5.52. The minimum absolute atomic E-state index is 0.140. The van der Waals surface area contributed by atoms with Crippen molar-refractivity contribution in [3.63, 3.8) is 0 Å². The molecule has 1 heterocycles.